The van der Waals surface area contributed by atoms with Crippen LogP contribution >= 0.6 is 24.0 Å². The Balaban J connectivity index is 0.00000364. The second kappa shape index (κ2) is 10.5. The van der Waals surface area contributed by atoms with Crippen LogP contribution in [0.4, 0.5) is 10.1 Å². The highest BCUT2D eigenvalue weighted by molar-refractivity contribution is 14.0. The fourth-order valence-electron chi connectivity index (χ4n) is 2.47. The van der Waals surface area contributed by atoms with Crippen molar-refractivity contribution in [2.45, 2.75) is 13.1 Å². The van der Waals surface area contributed by atoms with Crippen LogP contribution in [-0.2, 0) is 23.1 Å². The Morgan fingerprint density at radius 2 is 1.78 bits per heavy atom. The van der Waals surface area contributed by atoms with Gasteiger partial charge in [0.05, 0.1) is 11.9 Å². The maximum absolute atomic E-state index is 13.0. The molecule has 0 aliphatic heterocycles. The number of hydrogen-bond acceptors (Lipinski definition) is 3. The van der Waals surface area contributed by atoms with Crippen LogP contribution in [0.15, 0.2) is 53.5 Å². The monoisotopic (exact) mass is 506 g/mol. The number of guanidine groups is 1. The Morgan fingerprint density at radius 1 is 1.15 bits per heavy atom. The number of nitrogens with zero attached hydrogens (tertiary/aromatic N) is 2. The number of halogens is 2. The molecule has 0 aliphatic rings. The molecule has 9 heteroatoms. The molecule has 27 heavy (non-hydrogen) atoms. The number of para-hydroxylation sites is 1. The Bertz CT molecular complexity index is 873. The highest BCUT2D eigenvalue weighted by atomic mass is 127. The van der Waals surface area contributed by atoms with Crippen molar-refractivity contribution in [1.29, 1.82) is 0 Å². The molecule has 0 bridgehead atoms. The standard InChI is InChI=1S/C18H23FN4O2S.HI/c1-20-18(23(2)13-14-8-10-16(19)11-9-14)21-12-15-6-4-5-7-17(15)22-26(3,24)25;/h4-11,22H,12-13H2,1-3H3,(H,20,21);1H. The van der Waals surface area contributed by atoms with Crippen molar-refractivity contribution in [2.24, 2.45) is 4.99 Å². The predicted molar refractivity (Wildman–Crippen MR) is 118 cm³/mol. The van der Waals surface area contributed by atoms with Gasteiger partial charge in [-0.15, -0.1) is 24.0 Å². The van der Waals surface area contributed by atoms with Gasteiger partial charge in [0.2, 0.25) is 10.0 Å². The number of nitrogens with one attached hydrogen (secondary N) is 2. The Hall–Kier alpha value is -1.88. The normalized spacial score (nSPS) is 11.5. The highest BCUT2D eigenvalue weighted by Crippen LogP contribution is 2.16. The molecule has 2 rings (SSSR count). The smallest absolute Gasteiger partial charge is 0.229 e. The topological polar surface area (TPSA) is 73.8 Å². The maximum Gasteiger partial charge on any atom is 0.229 e. The lowest BCUT2D eigenvalue weighted by Gasteiger charge is -2.23. The summed E-state index contributed by atoms with van der Waals surface area (Å²) in [6.45, 7) is 0.961. The van der Waals surface area contributed by atoms with Crippen LogP contribution in [0.3, 0.4) is 0 Å². The average molecular weight is 506 g/mol. The van der Waals surface area contributed by atoms with Gasteiger partial charge in [-0.1, -0.05) is 30.3 Å². The van der Waals surface area contributed by atoms with Crippen LogP contribution < -0.4 is 10.0 Å². The summed E-state index contributed by atoms with van der Waals surface area (Å²) in [5, 5.41) is 3.21. The number of sulfonamides is 1. The van der Waals surface area contributed by atoms with E-state index in [0.29, 0.717) is 24.7 Å². The van der Waals surface area contributed by atoms with Gasteiger partial charge in [-0.25, -0.2) is 12.8 Å². The van der Waals surface area contributed by atoms with E-state index in [9.17, 15) is 12.8 Å². The minimum atomic E-state index is -3.35. The van der Waals surface area contributed by atoms with Gasteiger partial charge in [-0.2, -0.15) is 0 Å². The first-order chi connectivity index (χ1) is 12.3. The molecule has 0 aromatic heterocycles. The third-order valence-corrected chi connectivity index (χ3v) is 4.25. The third-order valence-electron chi connectivity index (χ3n) is 3.66. The fourth-order valence-corrected chi connectivity index (χ4v) is 3.07. The summed E-state index contributed by atoms with van der Waals surface area (Å²) in [5.74, 6) is 0.373. The van der Waals surface area contributed by atoms with Gasteiger partial charge in [0.25, 0.3) is 0 Å². The summed E-state index contributed by atoms with van der Waals surface area (Å²) in [6, 6.07) is 13.5. The number of anilines is 1. The average Bonchev–Trinajstić information content (AvgIpc) is 2.57. The summed E-state index contributed by atoms with van der Waals surface area (Å²) in [7, 11) is 0.192. The number of aliphatic imine (C=N–C) groups is 1. The van der Waals surface area contributed by atoms with E-state index in [1.807, 2.05) is 24.1 Å². The Kier molecular flexibility index (Phi) is 8.97. The summed E-state index contributed by atoms with van der Waals surface area (Å²) < 4.78 is 38.5. The molecule has 2 aromatic rings. The van der Waals surface area contributed by atoms with Crippen LogP contribution in [0.5, 0.6) is 0 Å². The maximum atomic E-state index is 13.0. The van der Waals surface area contributed by atoms with Crippen molar-refractivity contribution < 1.29 is 12.8 Å². The lowest BCUT2D eigenvalue weighted by atomic mass is 10.2. The summed E-state index contributed by atoms with van der Waals surface area (Å²) in [4.78, 5) is 6.14. The van der Waals surface area contributed by atoms with E-state index in [4.69, 9.17) is 0 Å². The second-order valence-corrected chi connectivity index (χ2v) is 7.66. The molecule has 148 valence electrons. The fraction of sp³-hybridized carbons (Fsp3) is 0.278. The molecule has 0 unspecified atom stereocenters. The zero-order valence-electron chi connectivity index (χ0n) is 15.4. The minimum Gasteiger partial charge on any atom is -0.352 e. The van der Waals surface area contributed by atoms with Crippen molar-refractivity contribution in [1.82, 2.24) is 10.2 Å². The first-order valence-corrected chi connectivity index (χ1v) is 9.89. The molecular formula is C18H24FIN4O2S. The minimum absolute atomic E-state index is 0. The Morgan fingerprint density at radius 3 is 2.37 bits per heavy atom. The summed E-state index contributed by atoms with van der Waals surface area (Å²) in [5.41, 5.74) is 2.28. The number of rotatable bonds is 6. The molecular weight excluding hydrogens is 482 g/mol. The van der Waals surface area contributed by atoms with Gasteiger partial charge in [-0.05, 0) is 29.3 Å². The van der Waals surface area contributed by atoms with Gasteiger partial charge in [0, 0.05) is 27.2 Å². The lowest BCUT2D eigenvalue weighted by Crippen LogP contribution is -2.38. The van der Waals surface area contributed by atoms with Crippen LogP contribution in [0.25, 0.3) is 0 Å². The third kappa shape index (κ3) is 7.71. The predicted octanol–water partition coefficient (Wildman–Crippen LogP) is 3.02. The SMILES string of the molecule is CN=C(NCc1ccccc1NS(C)(=O)=O)N(C)Cc1ccc(F)cc1.I. The molecule has 2 N–H and O–H groups in total. The molecule has 0 aliphatic carbocycles. The van der Waals surface area contributed by atoms with Gasteiger partial charge in [0.1, 0.15) is 5.82 Å². The molecule has 0 atom stereocenters. The van der Waals surface area contributed by atoms with Gasteiger partial charge in [-0.3, -0.25) is 9.71 Å². The summed E-state index contributed by atoms with van der Waals surface area (Å²) in [6.07, 6.45) is 1.12. The summed E-state index contributed by atoms with van der Waals surface area (Å²) >= 11 is 0. The van der Waals surface area contributed by atoms with Crippen LogP contribution in [0.2, 0.25) is 0 Å². The largest absolute Gasteiger partial charge is 0.352 e. The quantitative estimate of drug-likeness (QED) is 0.359. The molecule has 0 saturated carbocycles. The van der Waals surface area contributed by atoms with E-state index in [1.54, 1.807) is 31.3 Å². The molecule has 0 radical (unpaired) electrons. The first kappa shape index (κ1) is 23.2. The lowest BCUT2D eigenvalue weighted by molar-refractivity contribution is 0.476. The van der Waals surface area contributed by atoms with E-state index in [0.717, 1.165) is 17.4 Å². The molecule has 0 spiro atoms. The van der Waals surface area contributed by atoms with Gasteiger partial charge in [0.15, 0.2) is 5.96 Å². The van der Waals surface area contributed by atoms with E-state index >= 15 is 0 Å². The highest BCUT2D eigenvalue weighted by Gasteiger charge is 2.10. The first-order valence-electron chi connectivity index (χ1n) is 8.00. The van der Waals surface area contributed by atoms with Gasteiger partial charge >= 0.3 is 0 Å². The van der Waals surface area contributed by atoms with Gasteiger partial charge < -0.3 is 10.2 Å². The molecule has 0 heterocycles. The molecule has 0 saturated heterocycles. The van der Waals surface area contributed by atoms with E-state index in [-0.39, 0.29) is 29.8 Å². The van der Waals surface area contributed by atoms with Crippen molar-refractivity contribution in [3.05, 3.63) is 65.5 Å². The number of hydrogen-bond donors (Lipinski definition) is 2. The number of benzene rings is 2. The zero-order chi connectivity index (χ0) is 19.2. The van der Waals surface area contributed by atoms with Crippen molar-refractivity contribution in [2.75, 3.05) is 25.1 Å². The molecule has 0 amide bonds. The second-order valence-electron chi connectivity index (χ2n) is 5.91. The van der Waals surface area contributed by atoms with Crippen molar-refractivity contribution >= 4 is 45.6 Å². The van der Waals surface area contributed by atoms with Crippen molar-refractivity contribution in [3.8, 4) is 0 Å². The van der Waals surface area contributed by atoms with Crippen LogP contribution in [0.1, 0.15) is 11.1 Å². The van der Waals surface area contributed by atoms with Crippen LogP contribution in [0, 0.1) is 5.82 Å². The van der Waals surface area contributed by atoms with Crippen LogP contribution in [-0.4, -0.2) is 39.6 Å². The van der Waals surface area contributed by atoms with Crippen molar-refractivity contribution in [3.63, 3.8) is 0 Å². The van der Waals surface area contributed by atoms with E-state index in [2.05, 4.69) is 15.0 Å². The molecule has 0 fully saturated rings. The molecule has 6 nitrogen and oxygen atoms in total. The van der Waals surface area contributed by atoms with E-state index < -0.39 is 10.0 Å². The van der Waals surface area contributed by atoms with E-state index in [1.165, 1.54) is 12.1 Å². The molecule has 2 aromatic carbocycles. The zero-order valence-corrected chi connectivity index (χ0v) is 18.6. The Labute approximate surface area is 177 Å².